The van der Waals surface area contributed by atoms with Crippen LogP contribution in [0.3, 0.4) is 0 Å². The van der Waals surface area contributed by atoms with Crippen LogP contribution in [0.5, 0.6) is 0 Å². The number of halogens is 1. The molecule has 4 heteroatoms. The summed E-state index contributed by atoms with van der Waals surface area (Å²) in [6, 6.07) is 5.53. The van der Waals surface area contributed by atoms with Crippen molar-refractivity contribution < 1.29 is 4.39 Å². The molecular weight excluding hydrogens is 193 g/mol. The van der Waals surface area contributed by atoms with Gasteiger partial charge in [-0.2, -0.15) is 5.26 Å². The van der Waals surface area contributed by atoms with E-state index in [1.807, 2.05) is 6.07 Å². The molecule has 1 N–H and O–H groups in total. The Morgan fingerprint density at radius 2 is 2.27 bits per heavy atom. The van der Waals surface area contributed by atoms with Gasteiger partial charge in [-0.25, -0.2) is 4.39 Å². The van der Waals surface area contributed by atoms with Gasteiger partial charge in [-0.1, -0.05) is 0 Å². The first-order chi connectivity index (χ1) is 7.23. The highest BCUT2D eigenvalue weighted by atomic mass is 19.1. The number of rotatable bonds is 1. The standard InChI is InChI=1S/C11H8FN3/c12-7-3-9-8(14-5-7)4-10(15-9)11(6-13)1-2-11/h3-5,15H,1-2H2. The fourth-order valence-electron chi connectivity index (χ4n) is 1.81. The third kappa shape index (κ3) is 1.13. The van der Waals surface area contributed by atoms with Crippen LogP contribution in [0.25, 0.3) is 11.0 Å². The minimum atomic E-state index is -0.364. The predicted molar refractivity (Wildman–Crippen MR) is 52.6 cm³/mol. The summed E-state index contributed by atoms with van der Waals surface area (Å²) in [6.07, 6.45) is 2.93. The van der Waals surface area contributed by atoms with Gasteiger partial charge in [0.1, 0.15) is 5.82 Å². The molecule has 74 valence electrons. The molecule has 1 fully saturated rings. The van der Waals surface area contributed by atoms with Crippen LogP contribution in [-0.2, 0) is 5.41 Å². The Bertz CT molecular complexity index is 575. The molecule has 3 nitrogen and oxygen atoms in total. The van der Waals surface area contributed by atoms with Gasteiger partial charge in [0.15, 0.2) is 0 Å². The van der Waals surface area contributed by atoms with E-state index in [0.717, 1.165) is 18.5 Å². The molecule has 1 aliphatic rings. The molecule has 0 unspecified atom stereocenters. The zero-order chi connectivity index (χ0) is 10.5. The smallest absolute Gasteiger partial charge is 0.143 e. The van der Waals surface area contributed by atoms with Crippen molar-refractivity contribution in [1.82, 2.24) is 9.97 Å². The zero-order valence-electron chi connectivity index (χ0n) is 7.92. The van der Waals surface area contributed by atoms with E-state index in [2.05, 4.69) is 16.0 Å². The molecule has 2 aromatic rings. The molecule has 0 radical (unpaired) electrons. The summed E-state index contributed by atoms with van der Waals surface area (Å²) in [4.78, 5) is 7.03. The molecule has 2 heterocycles. The lowest BCUT2D eigenvalue weighted by Gasteiger charge is -1.99. The van der Waals surface area contributed by atoms with Gasteiger partial charge < -0.3 is 4.98 Å². The van der Waals surface area contributed by atoms with Crippen LogP contribution in [0.1, 0.15) is 18.5 Å². The van der Waals surface area contributed by atoms with E-state index in [1.54, 1.807) is 0 Å². The number of nitriles is 1. The highest BCUT2D eigenvalue weighted by Crippen LogP contribution is 2.47. The molecule has 1 saturated carbocycles. The number of hydrogen-bond donors (Lipinski definition) is 1. The summed E-state index contributed by atoms with van der Waals surface area (Å²) in [6.45, 7) is 0. The Kier molecular flexibility index (Phi) is 1.44. The van der Waals surface area contributed by atoms with Gasteiger partial charge in [0.25, 0.3) is 0 Å². The van der Waals surface area contributed by atoms with Crippen LogP contribution in [0.15, 0.2) is 18.3 Å². The number of pyridine rings is 1. The molecule has 15 heavy (non-hydrogen) atoms. The van der Waals surface area contributed by atoms with Crippen molar-refractivity contribution >= 4 is 11.0 Å². The molecular formula is C11H8FN3. The molecule has 0 amide bonds. The second kappa shape index (κ2) is 2.57. The maximum atomic E-state index is 12.9. The third-order valence-corrected chi connectivity index (χ3v) is 2.92. The first kappa shape index (κ1) is 8.42. The van der Waals surface area contributed by atoms with Gasteiger partial charge in [0, 0.05) is 11.8 Å². The van der Waals surface area contributed by atoms with Crippen LogP contribution in [0, 0.1) is 17.1 Å². The first-order valence-electron chi connectivity index (χ1n) is 4.79. The van der Waals surface area contributed by atoms with Gasteiger partial charge in [-0.05, 0) is 18.9 Å². The quantitative estimate of drug-likeness (QED) is 0.769. The average molecular weight is 201 g/mol. The maximum Gasteiger partial charge on any atom is 0.143 e. The van der Waals surface area contributed by atoms with E-state index in [1.165, 1.54) is 12.3 Å². The highest BCUT2D eigenvalue weighted by Gasteiger charge is 2.46. The van der Waals surface area contributed by atoms with Crippen molar-refractivity contribution in [1.29, 1.82) is 5.26 Å². The largest absolute Gasteiger partial charge is 0.356 e. The Balaban J connectivity index is 2.19. The second-order valence-corrected chi connectivity index (χ2v) is 3.96. The molecule has 0 aromatic carbocycles. The lowest BCUT2D eigenvalue weighted by molar-refractivity contribution is 0.624. The van der Waals surface area contributed by atoms with Gasteiger partial charge in [-0.15, -0.1) is 0 Å². The minimum Gasteiger partial charge on any atom is -0.356 e. The van der Waals surface area contributed by atoms with Gasteiger partial charge in [0.2, 0.25) is 0 Å². The van der Waals surface area contributed by atoms with E-state index >= 15 is 0 Å². The summed E-state index contributed by atoms with van der Waals surface area (Å²) < 4.78 is 12.9. The number of fused-ring (bicyclic) bond motifs is 1. The number of nitrogens with one attached hydrogen (secondary N) is 1. The van der Waals surface area contributed by atoms with E-state index in [4.69, 9.17) is 5.26 Å². The van der Waals surface area contributed by atoms with E-state index in [9.17, 15) is 4.39 Å². The normalized spacial score (nSPS) is 17.6. The fourth-order valence-corrected chi connectivity index (χ4v) is 1.81. The summed E-state index contributed by atoms with van der Waals surface area (Å²) >= 11 is 0. The monoisotopic (exact) mass is 201 g/mol. The lowest BCUT2D eigenvalue weighted by atomic mass is 10.1. The number of aromatic nitrogens is 2. The van der Waals surface area contributed by atoms with Crippen molar-refractivity contribution in [2.24, 2.45) is 0 Å². The number of nitrogens with zero attached hydrogens (tertiary/aromatic N) is 2. The Morgan fingerprint density at radius 3 is 2.93 bits per heavy atom. The van der Waals surface area contributed by atoms with E-state index in [-0.39, 0.29) is 11.2 Å². The van der Waals surface area contributed by atoms with Crippen molar-refractivity contribution in [3.8, 4) is 6.07 Å². The van der Waals surface area contributed by atoms with Crippen LogP contribution >= 0.6 is 0 Å². The average Bonchev–Trinajstić information content (AvgIpc) is 2.93. The lowest BCUT2D eigenvalue weighted by Crippen LogP contribution is -2.01. The Labute approximate surface area is 85.6 Å². The summed E-state index contributed by atoms with van der Waals surface area (Å²) in [5.74, 6) is -0.363. The molecule has 0 aliphatic heterocycles. The van der Waals surface area contributed by atoms with Gasteiger partial charge >= 0.3 is 0 Å². The third-order valence-electron chi connectivity index (χ3n) is 2.92. The van der Waals surface area contributed by atoms with Crippen molar-refractivity contribution in [2.45, 2.75) is 18.3 Å². The second-order valence-electron chi connectivity index (χ2n) is 3.96. The molecule has 3 rings (SSSR count). The molecule has 1 aliphatic carbocycles. The first-order valence-corrected chi connectivity index (χ1v) is 4.79. The Morgan fingerprint density at radius 1 is 1.47 bits per heavy atom. The SMILES string of the molecule is N#CC1(c2cc3ncc(F)cc3[nH]2)CC1. The summed E-state index contributed by atoms with van der Waals surface area (Å²) in [5, 5.41) is 9.03. The van der Waals surface area contributed by atoms with Gasteiger partial charge in [0.05, 0.1) is 28.7 Å². The molecule has 2 aromatic heterocycles. The summed E-state index contributed by atoms with van der Waals surface area (Å²) in [5.41, 5.74) is 1.87. The molecule has 0 spiro atoms. The molecule has 0 bridgehead atoms. The van der Waals surface area contributed by atoms with Crippen LogP contribution < -0.4 is 0 Å². The van der Waals surface area contributed by atoms with Gasteiger partial charge in [-0.3, -0.25) is 4.98 Å². The fraction of sp³-hybridized carbons (Fsp3) is 0.273. The molecule has 0 atom stereocenters. The van der Waals surface area contributed by atoms with Crippen molar-refractivity contribution in [3.05, 3.63) is 29.8 Å². The topological polar surface area (TPSA) is 52.5 Å². The molecule has 0 saturated heterocycles. The maximum absolute atomic E-state index is 12.9. The van der Waals surface area contributed by atoms with Crippen LogP contribution in [0.4, 0.5) is 4.39 Å². The predicted octanol–water partition coefficient (Wildman–Crippen LogP) is 2.26. The number of H-pyrrole nitrogens is 1. The Hall–Kier alpha value is -1.89. The van der Waals surface area contributed by atoms with Crippen LogP contribution in [0.2, 0.25) is 0 Å². The van der Waals surface area contributed by atoms with E-state index in [0.29, 0.717) is 11.0 Å². The number of hydrogen-bond acceptors (Lipinski definition) is 2. The zero-order valence-corrected chi connectivity index (χ0v) is 7.92. The van der Waals surface area contributed by atoms with Crippen LogP contribution in [-0.4, -0.2) is 9.97 Å². The summed E-state index contributed by atoms with van der Waals surface area (Å²) in [7, 11) is 0. The minimum absolute atomic E-state index is 0.363. The number of aromatic amines is 1. The highest BCUT2D eigenvalue weighted by molar-refractivity contribution is 5.76. The van der Waals surface area contributed by atoms with Crippen molar-refractivity contribution in [2.75, 3.05) is 0 Å². The van der Waals surface area contributed by atoms with Crippen molar-refractivity contribution in [3.63, 3.8) is 0 Å². The van der Waals surface area contributed by atoms with E-state index < -0.39 is 0 Å².